The third-order valence-corrected chi connectivity index (χ3v) is 4.46. The predicted octanol–water partition coefficient (Wildman–Crippen LogP) is 2.30. The number of hydrogen-bond donors (Lipinski definition) is 0. The molecule has 0 bridgehead atoms. The van der Waals surface area contributed by atoms with Gasteiger partial charge in [0.05, 0.1) is 7.11 Å². The lowest BCUT2D eigenvalue weighted by atomic mass is 9.99. The molecule has 1 aromatic carbocycles. The van der Waals surface area contributed by atoms with E-state index in [1.807, 2.05) is 29.2 Å². The van der Waals surface area contributed by atoms with Crippen LogP contribution in [0, 0.1) is 5.92 Å². The highest BCUT2D eigenvalue weighted by Gasteiger charge is 2.23. The smallest absolute Gasteiger partial charge is 0.242 e. The summed E-state index contributed by atoms with van der Waals surface area (Å²) in [5.41, 5.74) is 0.908. The minimum atomic E-state index is -0.102. The van der Waals surface area contributed by atoms with Crippen LogP contribution in [0.5, 0.6) is 5.75 Å². The Labute approximate surface area is 138 Å². The Morgan fingerprint density at radius 2 is 1.91 bits per heavy atom. The molecule has 0 aromatic heterocycles. The minimum absolute atomic E-state index is 0.0296. The van der Waals surface area contributed by atoms with E-state index >= 15 is 0 Å². The summed E-state index contributed by atoms with van der Waals surface area (Å²) < 4.78 is 5.33. The molecule has 0 radical (unpaired) electrons. The first-order valence-electron chi connectivity index (χ1n) is 8.16. The Kier molecular flexibility index (Phi) is 6.02. The van der Waals surface area contributed by atoms with Gasteiger partial charge in [-0.05, 0) is 24.8 Å². The van der Waals surface area contributed by atoms with Crippen LogP contribution in [0.4, 0.5) is 0 Å². The molecule has 5 nitrogen and oxygen atoms in total. The van der Waals surface area contributed by atoms with Gasteiger partial charge >= 0.3 is 0 Å². The third kappa shape index (κ3) is 4.71. The lowest BCUT2D eigenvalue weighted by molar-refractivity contribution is -0.140. The van der Waals surface area contributed by atoms with Crippen molar-refractivity contribution in [1.29, 1.82) is 0 Å². The number of para-hydroxylation sites is 1. The molecule has 1 aromatic rings. The monoisotopic (exact) mass is 318 g/mol. The van der Waals surface area contributed by atoms with Crippen molar-refractivity contribution < 1.29 is 14.3 Å². The third-order valence-electron chi connectivity index (χ3n) is 4.46. The molecule has 2 rings (SSSR count). The standard InChI is InChI=1S/C18H26N2O3/c1-14-8-10-19(11-9-14)18(22)13-20(15(2)21)12-16-6-4-5-7-17(16)23-3/h4-7,14H,8-13H2,1-3H3. The van der Waals surface area contributed by atoms with Crippen LogP contribution in [-0.2, 0) is 16.1 Å². The number of rotatable bonds is 5. The number of benzene rings is 1. The number of carbonyl (C=O) groups is 2. The fourth-order valence-electron chi connectivity index (χ4n) is 2.84. The molecule has 1 fully saturated rings. The Hall–Kier alpha value is -2.04. The van der Waals surface area contributed by atoms with E-state index in [4.69, 9.17) is 4.74 Å². The van der Waals surface area contributed by atoms with E-state index in [1.165, 1.54) is 6.92 Å². The van der Waals surface area contributed by atoms with Crippen LogP contribution in [0.2, 0.25) is 0 Å². The first-order valence-corrected chi connectivity index (χ1v) is 8.16. The van der Waals surface area contributed by atoms with E-state index < -0.39 is 0 Å². The van der Waals surface area contributed by atoms with Crippen molar-refractivity contribution in [3.8, 4) is 5.75 Å². The van der Waals surface area contributed by atoms with Crippen LogP contribution in [0.3, 0.4) is 0 Å². The van der Waals surface area contributed by atoms with Gasteiger partial charge in [-0.3, -0.25) is 9.59 Å². The van der Waals surface area contributed by atoms with Crippen molar-refractivity contribution in [2.24, 2.45) is 5.92 Å². The second-order valence-corrected chi connectivity index (χ2v) is 6.25. The van der Waals surface area contributed by atoms with E-state index in [0.29, 0.717) is 12.5 Å². The molecule has 5 heteroatoms. The average molecular weight is 318 g/mol. The van der Waals surface area contributed by atoms with Crippen molar-refractivity contribution in [3.63, 3.8) is 0 Å². The number of hydrogen-bond acceptors (Lipinski definition) is 3. The SMILES string of the molecule is COc1ccccc1CN(CC(=O)N1CCC(C)CC1)C(C)=O. The largest absolute Gasteiger partial charge is 0.496 e. The molecule has 0 N–H and O–H groups in total. The minimum Gasteiger partial charge on any atom is -0.496 e. The highest BCUT2D eigenvalue weighted by Crippen LogP contribution is 2.20. The highest BCUT2D eigenvalue weighted by molar-refractivity contribution is 5.84. The Morgan fingerprint density at radius 3 is 2.52 bits per heavy atom. The van der Waals surface area contributed by atoms with Gasteiger partial charge in [-0.1, -0.05) is 25.1 Å². The molecule has 0 saturated carbocycles. The predicted molar refractivity (Wildman–Crippen MR) is 89.1 cm³/mol. The van der Waals surface area contributed by atoms with Crippen LogP contribution in [0.15, 0.2) is 24.3 Å². The van der Waals surface area contributed by atoms with Crippen LogP contribution < -0.4 is 4.74 Å². The lowest BCUT2D eigenvalue weighted by Crippen LogP contribution is -2.44. The van der Waals surface area contributed by atoms with Gasteiger partial charge in [-0.25, -0.2) is 0 Å². The van der Waals surface area contributed by atoms with Gasteiger partial charge in [0.25, 0.3) is 0 Å². The summed E-state index contributed by atoms with van der Waals surface area (Å²) in [6, 6.07) is 7.58. The molecule has 1 heterocycles. The van der Waals surface area contributed by atoms with Gasteiger partial charge in [0.15, 0.2) is 0 Å². The first kappa shape index (κ1) is 17.3. The van der Waals surface area contributed by atoms with Crippen LogP contribution in [0.25, 0.3) is 0 Å². The summed E-state index contributed by atoms with van der Waals surface area (Å²) in [5.74, 6) is 1.34. The maximum absolute atomic E-state index is 12.5. The normalized spacial score (nSPS) is 15.3. The molecule has 0 unspecified atom stereocenters. The molecule has 0 aliphatic carbocycles. The molecule has 0 atom stereocenters. The number of carbonyl (C=O) groups excluding carboxylic acids is 2. The van der Waals surface area contributed by atoms with E-state index in [2.05, 4.69) is 6.92 Å². The molecule has 2 amide bonds. The zero-order valence-corrected chi connectivity index (χ0v) is 14.2. The molecule has 126 valence electrons. The number of nitrogens with zero attached hydrogens (tertiary/aromatic N) is 2. The maximum Gasteiger partial charge on any atom is 0.242 e. The quantitative estimate of drug-likeness (QED) is 0.837. The Bertz CT molecular complexity index is 551. The average Bonchev–Trinajstić information content (AvgIpc) is 2.55. The van der Waals surface area contributed by atoms with Gasteiger partial charge in [0.2, 0.25) is 11.8 Å². The highest BCUT2D eigenvalue weighted by atomic mass is 16.5. The number of methoxy groups -OCH3 is 1. The van der Waals surface area contributed by atoms with Crippen molar-refractivity contribution in [3.05, 3.63) is 29.8 Å². The van der Waals surface area contributed by atoms with Gasteiger partial charge < -0.3 is 14.5 Å². The van der Waals surface area contributed by atoms with Crippen LogP contribution in [-0.4, -0.2) is 48.4 Å². The van der Waals surface area contributed by atoms with Crippen molar-refractivity contribution in [2.75, 3.05) is 26.7 Å². The van der Waals surface area contributed by atoms with Gasteiger partial charge in [-0.2, -0.15) is 0 Å². The zero-order valence-electron chi connectivity index (χ0n) is 14.2. The summed E-state index contributed by atoms with van der Waals surface area (Å²) in [4.78, 5) is 27.9. The van der Waals surface area contributed by atoms with Crippen molar-refractivity contribution in [2.45, 2.75) is 33.2 Å². The van der Waals surface area contributed by atoms with E-state index in [-0.39, 0.29) is 18.4 Å². The van der Waals surface area contributed by atoms with Gasteiger partial charge in [0, 0.05) is 32.1 Å². The molecule has 1 saturated heterocycles. The number of amides is 2. The maximum atomic E-state index is 12.5. The van der Waals surface area contributed by atoms with Crippen LogP contribution >= 0.6 is 0 Å². The number of likely N-dealkylation sites (tertiary alicyclic amines) is 1. The topological polar surface area (TPSA) is 49.9 Å². The molecule has 23 heavy (non-hydrogen) atoms. The lowest BCUT2D eigenvalue weighted by Gasteiger charge is -2.32. The summed E-state index contributed by atoms with van der Waals surface area (Å²) >= 11 is 0. The van der Waals surface area contributed by atoms with Crippen molar-refractivity contribution >= 4 is 11.8 Å². The summed E-state index contributed by atoms with van der Waals surface area (Å²) in [7, 11) is 1.61. The summed E-state index contributed by atoms with van der Waals surface area (Å²) in [6.45, 7) is 5.81. The second kappa shape index (κ2) is 7.99. The second-order valence-electron chi connectivity index (χ2n) is 6.25. The summed E-state index contributed by atoms with van der Waals surface area (Å²) in [6.07, 6.45) is 2.08. The molecular formula is C18H26N2O3. The number of ether oxygens (including phenoxy) is 1. The Balaban J connectivity index is 2.01. The zero-order chi connectivity index (χ0) is 16.8. The summed E-state index contributed by atoms with van der Waals surface area (Å²) in [5, 5.41) is 0. The van der Waals surface area contributed by atoms with Crippen molar-refractivity contribution in [1.82, 2.24) is 9.80 Å². The molecule has 1 aliphatic rings. The van der Waals surface area contributed by atoms with E-state index in [0.717, 1.165) is 37.2 Å². The fraction of sp³-hybridized carbons (Fsp3) is 0.556. The van der Waals surface area contributed by atoms with Gasteiger partial charge in [0.1, 0.15) is 12.3 Å². The van der Waals surface area contributed by atoms with Gasteiger partial charge in [-0.15, -0.1) is 0 Å². The fourth-order valence-corrected chi connectivity index (χ4v) is 2.84. The Morgan fingerprint density at radius 1 is 1.26 bits per heavy atom. The molecule has 0 spiro atoms. The first-order chi connectivity index (χ1) is 11.0. The number of piperidine rings is 1. The van der Waals surface area contributed by atoms with Crippen LogP contribution in [0.1, 0.15) is 32.3 Å². The molecular weight excluding hydrogens is 292 g/mol. The van der Waals surface area contributed by atoms with E-state index in [9.17, 15) is 9.59 Å². The molecule has 1 aliphatic heterocycles. The van der Waals surface area contributed by atoms with E-state index in [1.54, 1.807) is 12.0 Å².